The predicted molar refractivity (Wildman–Crippen MR) is 106 cm³/mol. The number of carbonyl (C=O) groups is 1. The number of fused-ring (bicyclic) bond motifs is 5. The van der Waals surface area contributed by atoms with Crippen LogP contribution in [0, 0.1) is 5.92 Å². The Morgan fingerprint density at radius 3 is 2.35 bits per heavy atom. The molecule has 2 fully saturated rings. The van der Waals surface area contributed by atoms with E-state index in [0.29, 0.717) is 0 Å². The Labute approximate surface area is 157 Å². The topological polar surface area (TPSA) is 34.1 Å². The number of benzene rings is 2. The first kappa shape index (κ1) is 16.4. The minimum atomic E-state index is -0.704. The maximum absolute atomic E-state index is 13.2. The number of hydrogen-bond acceptors (Lipinski definition) is 2. The highest BCUT2D eigenvalue weighted by molar-refractivity contribution is 7.86. The van der Waals surface area contributed by atoms with Gasteiger partial charge in [-0.05, 0) is 54.0 Å². The summed E-state index contributed by atoms with van der Waals surface area (Å²) in [5, 5.41) is 0.496. The lowest BCUT2D eigenvalue weighted by molar-refractivity contribution is 0.0906. The Hall–Kier alpha value is -1.74. The van der Waals surface area contributed by atoms with Crippen molar-refractivity contribution in [3.8, 4) is 11.1 Å². The summed E-state index contributed by atoms with van der Waals surface area (Å²) < 4.78 is 12.3. The van der Waals surface area contributed by atoms with Gasteiger partial charge >= 0.3 is 0 Å². The quantitative estimate of drug-likeness (QED) is 0.713. The first-order valence-electron chi connectivity index (χ1n) is 9.65. The van der Waals surface area contributed by atoms with Crippen molar-refractivity contribution in [2.24, 2.45) is 5.92 Å². The first-order valence-corrected chi connectivity index (χ1v) is 10.9. The van der Waals surface area contributed by atoms with E-state index in [1.807, 2.05) is 6.07 Å². The minimum absolute atomic E-state index is 0.0511. The van der Waals surface area contributed by atoms with E-state index in [1.165, 1.54) is 22.3 Å². The molecule has 0 amide bonds. The standard InChI is InChI=1S/C23H24O2S/c1-23(2)20-6-4-3-5-18(20)19-10-7-14(13-21(19)23)22(24)15-11-16-8-9-17(12-15)26(16)25/h3-7,10,13,15-17H,8-9,11-12H2,1-2H3. The summed E-state index contributed by atoms with van der Waals surface area (Å²) in [5.74, 6) is 0.309. The molecule has 0 spiro atoms. The van der Waals surface area contributed by atoms with Crippen LogP contribution in [0.3, 0.4) is 0 Å². The van der Waals surface area contributed by atoms with Crippen molar-refractivity contribution in [2.75, 3.05) is 0 Å². The second-order valence-electron chi connectivity index (χ2n) is 8.61. The van der Waals surface area contributed by atoms with Crippen molar-refractivity contribution < 1.29 is 9.00 Å². The van der Waals surface area contributed by atoms with Crippen molar-refractivity contribution >= 4 is 16.6 Å². The molecular weight excluding hydrogens is 340 g/mol. The van der Waals surface area contributed by atoms with E-state index in [9.17, 15) is 9.00 Å². The van der Waals surface area contributed by atoms with Gasteiger partial charge < -0.3 is 0 Å². The number of rotatable bonds is 2. The Bertz CT molecular complexity index is 927. The van der Waals surface area contributed by atoms with Gasteiger partial charge in [-0.3, -0.25) is 9.00 Å². The first-order chi connectivity index (χ1) is 12.5. The smallest absolute Gasteiger partial charge is 0.166 e. The van der Waals surface area contributed by atoms with Gasteiger partial charge in [0.25, 0.3) is 0 Å². The maximum Gasteiger partial charge on any atom is 0.166 e. The minimum Gasteiger partial charge on any atom is -0.294 e. The summed E-state index contributed by atoms with van der Waals surface area (Å²) in [7, 11) is -0.704. The summed E-state index contributed by atoms with van der Waals surface area (Å²) in [5.41, 5.74) is 5.90. The molecule has 5 rings (SSSR count). The fraction of sp³-hybridized carbons (Fsp3) is 0.435. The van der Waals surface area contributed by atoms with Crippen molar-refractivity contribution in [1.82, 2.24) is 0 Å². The molecule has 2 atom stereocenters. The van der Waals surface area contributed by atoms with E-state index in [2.05, 4.69) is 50.2 Å². The lowest BCUT2D eigenvalue weighted by atomic mass is 9.81. The predicted octanol–water partition coefficient (Wildman–Crippen LogP) is 4.87. The van der Waals surface area contributed by atoms with E-state index in [4.69, 9.17) is 0 Å². The van der Waals surface area contributed by atoms with Crippen LogP contribution in [0.4, 0.5) is 0 Å². The number of ketones is 1. The van der Waals surface area contributed by atoms with E-state index >= 15 is 0 Å². The SMILES string of the molecule is CC1(C)c2ccccc2-c2ccc(C(=O)C3CC4CCC(C3)S4=O)cc21. The van der Waals surface area contributed by atoms with Crippen LogP contribution in [-0.2, 0) is 16.2 Å². The summed E-state index contributed by atoms with van der Waals surface area (Å²) in [4.78, 5) is 13.2. The third-order valence-corrected chi connectivity index (χ3v) is 8.97. The molecule has 0 saturated carbocycles. The molecule has 3 aliphatic rings. The van der Waals surface area contributed by atoms with Crippen LogP contribution in [0.25, 0.3) is 11.1 Å². The maximum atomic E-state index is 13.2. The molecule has 0 N–H and O–H groups in total. The molecule has 2 aromatic carbocycles. The van der Waals surface area contributed by atoms with Crippen molar-refractivity contribution in [1.29, 1.82) is 0 Å². The molecule has 2 unspecified atom stereocenters. The highest BCUT2D eigenvalue weighted by Crippen LogP contribution is 2.49. The van der Waals surface area contributed by atoms with E-state index in [-0.39, 0.29) is 27.6 Å². The van der Waals surface area contributed by atoms with Gasteiger partial charge in [-0.15, -0.1) is 0 Å². The number of hydrogen-bond donors (Lipinski definition) is 0. The van der Waals surface area contributed by atoms with Gasteiger partial charge in [-0.25, -0.2) is 0 Å². The Kier molecular flexibility index (Phi) is 3.56. The molecule has 26 heavy (non-hydrogen) atoms. The Balaban J connectivity index is 1.50. The summed E-state index contributed by atoms with van der Waals surface area (Å²) in [6.45, 7) is 4.49. The zero-order valence-electron chi connectivity index (χ0n) is 15.3. The highest BCUT2D eigenvalue weighted by Gasteiger charge is 2.43. The second kappa shape index (κ2) is 5.63. The zero-order valence-corrected chi connectivity index (χ0v) is 16.1. The van der Waals surface area contributed by atoms with Crippen molar-refractivity contribution in [3.05, 3.63) is 59.2 Å². The van der Waals surface area contributed by atoms with Crippen LogP contribution in [-0.4, -0.2) is 20.5 Å². The summed E-state index contributed by atoms with van der Waals surface area (Å²) in [6.07, 6.45) is 3.69. The normalized spacial score (nSPS) is 30.7. The molecule has 2 bridgehead atoms. The van der Waals surface area contributed by atoms with Gasteiger partial charge in [-0.1, -0.05) is 50.2 Å². The third-order valence-electron chi connectivity index (χ3n) is 6.80. The lowest BCUT2D eigenvalue weighted by Gasteiger charge is -2.27. The molecule has 1 aliphatic carbocycles. The van der Waals surface area contributed by atoms with E-state index in [1.54, 1.807) is 0 Å². The van der Waals surface area contributed by atoms with E-state index < -0.39 is 10.8 Å². The van der Waals surface area contributed by atoms with Gasteiger partial charge in [0.15, 0.2) is 5.78 Å². The Morgan fingerprint density at radius 1 is 0.962 bits per heavy atom. The molecule has 3 heteroatoms. The molecular formula is C23H24O2S. The number of carbonyl (C=O) groups excluding carboxylic acids is 1. The monoisotopic (exact) mass is 364 g/mol. The van der Waals surface area contributed by atoms with Crippen molar-refractivity contribution in [3.63, 3.8) is 0 Å². The van der Waals surface area contributed by atoms with Crippen LogP contribution in [0.5, 0.6) is 0 Å². The zero-order chi connectivity index (χ0) is 18.1. The Morgan fingerprint density at radius 2 is 1.62 bits per heavy atom. The van der Waals surface area contributed by atoms with Gasteiger partial charge in [0.2, 0.25) is 0 Å². The molecule has 0 radical (unpaired) electrons. The highest BCUT2D eigenvalue weighted by atomic mass is 32.2. The lowest BCUT2D eigenvalue weighted by Crippen LogP contribution is -2.32. The molecule has 2 aromatic rings. The average molecular weight is 365 g/mol. The van der Waals surface area contributed by atoms with Crippen LogP contribution >= 0.6 is 0 Å². The third kappa shape index (κ3) is 2.22. The molecule has 0 aromatic heterocycles. The average Bonchev–Trinajstić information content (AvgIpc) is 2.99. The van der Waals surface area contributed by atoms with Gasteiger partial charge in [0.05, 0.1) is 0 Å². The van der Waals surface area contributed by atoms with E-state index in [0.717, 1.165) is 31.2 Å². The van der Waals surface area contributed by atoms with Crippen LogP contribution in [0.2, 0.25) is 0 Å². The molecule has 134 valence electrons. The van der Waals surface area contributed by atoms with Crippen LogP contribution in [0.1, 0.15) is 61.0 Å². The molecule has 2 nitrogen and oxygen atoms in total. The van der Waals surface area contributed by atoms with Gasteiger partial charge in [0, 0.05) is 38.2 Å². The molecule has 2 saturated heterocycles. The second-order valence-corrected chi connectivity index (χ2v) is 10.6. The van der Waals surface area contributed by atoms with Crippen LogP contribution in [0.15, 0.2) is 42.5 Å². The van der Waals surface area contributed by atoms with Gasteiger partial charge in [0.1, 0.15) is 0 Å². The van der Waals surface area contributed by atoms with Gasteiger partial charge in [-0.2, -0.15) is 0 Å². The fourth-order valence-electron chi connectivity index (χ4n) is 5.34. The van der Waals surface area contributed by atoms with Crippen molar-refractivity contribution in [2.45, 2.75) is 55.4 Å². The largest absolute Gasteiger partial charge is 0.294 e. The summed E-state index contributed by atoms with van der Waals surface area (Å²) in [6, 6.07) is 14.8. The van der Waals surface area contributed by atoms with Crippen LogP contribution < -0.4 is 0 Å². The molecule has 2 heterocycles. The summed E-state index contributed by atoms with van der Waals surface area (Å²) >= 11 is 0. The fourth-order valence-corrected chi connectivity index (χ4v) is 7.46. The number of Topliss-reactive ketones (excluding diaryl/α,β-unsaturated/α-hetero) is 1. The molecule has 2 aliphatic heterocycles.